The maximum absolute atomic E-state index is 12.5. The monoisotopic (exact) mass is 343 g/mol. The Balaban J connectivity index is 1.63. The summed E-state index contributed by atoms with van der Waals surface area (Å²) in [5.41, 5.74) is 1.84. The Labute approximate surface area is 145 Å². The number of benzene rings is 1. The van der Waals surface area contributed by atoms with E-state index in [0.29, 0.717) is 24.4 Å². The van der Waals surface area contributed by atoms with Crippen LogP contribution in [0.15, 0.2) is 30.3 Å². The van der Waals surface area contributed by atoms with Gasteiger partial charge in [-0.25, -0.2) is 4.98 Å². The van der Waals surface area contributed by atoms with E-state index >= 15 is 0 Å². The fourth-order valence-electron chi connectivity index (χ4n) is 2.87. The molecular formula is C18H21N3O2S. The zero-order valence-electron chi connectivity index (χ0n) is 13.9. The molecule has 3 rings (SSSR count). The number of carbonyl (C=O) groups is 2. The Hall–Kier alpha value is -2.21. The Morgan fingerprint density at radius 2 is 2.12 bits per heavy atom. The summed E-state index contributed by atoms with van der Waals surface area (Å²) in [6.07, 6.45) is 1.46. The number of rotatable bonds is 5. The van der Waals surface area contributed by atoms with Crippen LogP contribution in [-0.4, -0.2) is 34.3 Å². The molecular weight excluding hydrogens is 322 g/mol. The van der Waals surface area contributed by atoms with Gasteiger partial charge in [-0.2, -0.15) is 0 Å². The zero-order chi connectivity index (χ0) is 17.1. The topological polar surface area (TPSA) is 62.3 Å². The van der Waals surface area contributed by atoms with Crippen LogP contribution in [0, 0.1) is 6.92 Å². The number of aryl methyl sites for hydroxylation is 2. The molecule has 0 aliphatic carbocycles. The lowest BCUT2D eigenvalue weighted by Gasteiger charge is -2.17. The molecule has 24 heavy (non-hydrogen) atoms. The Kier molecular flexibility index (Phi) is 4.94. The Morgan fingerprint density at radius 3 is 2.79 bits per heavy atom. The van der Waals surface area contributed by atoms with Crippen molar-refractivity contribution >= 4 is 23.2 Å². The predicted octanol–water partition coefficient (Wildman–Crippen LogP) is 2.54. The zero-order valence-corrected chi connectivity index (χ0v) is 14.7. The molecule has 126 valence electrons. The van der Waals surface area contributed by atoms with Crippen LogP contribution in [0.1, 0.15) is 39.3 Å². The second kappa shape index (κ2) is 7.13. The van der Waals surface area contributed by atoms with Crippen LogP contribution in [0.4, 0.5) is 0 Å². The van der Waals surface area contributed by atoms with Gasteiger partial charge < -0.3 is 10.2 Å². The second-order valence-electron chi connectivity index (χ2n) is 5.94. The van der Waals surface area contributed by atoms with Crippen LogP contribution < -0.4 is 5.32 Å². The summed E-state index contributed by atoms with van der Waals surface area (Å²) in [7, 11) is 0. The molecule has 1 atom stereocenters. The molecule has 0 saturated carbocycles. The molecule has 5 nitrogen and oxygen atoms in total. The van der Waals surface area contributed by atoms with Gasteiger partial charge in [0.2, 0.25) is 5.91 Å². The van der Waals surface area contributed by atoms with Gasteiger partial charge in [-0.15, -0.1) is 11.3 Å². The van der Waals surface area contributed by atoms with Crippen molar-refractivity contribution < 1.29 is 9.59 Å². The standard InChI is InChI=1S/C18H21N3O2S/c1-3-15-19-12(2)16(24-15)17(22)20-14-9-10-21(18(14)23)11-13-7-5-4-6-8-13/h4-8,14H,3,9-11H2,1-2H3,(H,20,22). The fourth-order valence-corrected chi connectivity index (χ4v) is 3.78. The first kappa shape index (κ1) is 16.6. The predicted molar refractivity (Wildman–Crippen MR) is 94.0 cm³/mol. The molecule has 2 aromatic rings. The van der Waals surface area contributed by atoms with E-state index in [4.69, 9.17) is 0 Å². The number of hydrogen-bond acceptors (Lipinski definition) is 4. The first-order valence-corrected chi connectivity index (χ1v) is 9.00. The summed E-state index contributed by atoms with van der Waals surface area (Å²) in [6.45, 7) is 5.11. The van der Waals surface area contributed by atoms with Gasteiger partial charge in [0.05, 0.1) is 10.7 Å². The highest BCUT2D eigenvalue weighted by molar-refractivity contribution is 7.13. The summed E-state index contributed by atoms with van der Waals surface area (Å²) in [6, 6.07) is 9.46. The normalized spacial score (nSPS) is 17.3. The van der Waals surface area contributed by atoms with Crippen molar-refractivity contribution in [2.75, 3.05) is 6.54 Å². The molecule has 0 spiro atoms. The number of hydrogen-bond donors (Lipinski definition) is 1. The minimum absolute atomic E-state index is 0.00918. The van der Waals surface area contributed by atoms with E-state index in [2.05, 4.69) is 10.3 Å². The number of aromatic nitrogens is 1. The van der Waals surface area contributed by atoms with Gasteiger partial charge in [0.1, 0.15) is 10.9 Å². The van der Waals surface area contributed by atoms with Crippen LogP contribution >= 0.6 is 11.3 Å². The van der Waals surface area contributed by atoms with Gasteiger partial charge in [-0.05, 0) is 25.3 Å². The number of nitrogens with zero attached hydrogens (tertiary/aromatic N) is 2. The van der Waals surface area contributed by atoms with Crippen LogP contribution in [0.5, 0.6) is 0 Å². The third-order valence-corrected chi connectivity index (χ3v) is 5.47. The molecule has 6 heteroatoms. The van der Waals surface area contributed by atoms with Gasteiger partial charge in [-0.3, -0.25) is 9.59 Å². The molecule has 1 N–H and O–H groups in total. The average Bonchev–Trinajstić information content (AvgIpc) is 3.13. The van der Waals surface area contributed by atoms with E-state index in [-0.39, 0.29) is 11.8 Å². The van der Waals surface area contributed by atoms with E-state index in [1.807, 2.05) is 44.2 Å². The maximum atomic E-state index is 12.5. The van der Waals surface area contributed by atoms with E-state index in [1.54, 1.807) is 4.90 Å². The van der Waals surface area contributed by atoms with Crippen molar-refractivity contribution in [1.82, 2.24) is 15.2 Å². The van der Waals surface area contributed by atoms with E-state index in [9.17, 15) is 9.59 Å². The maximum Gasteiger partial charge on any atom is 0.263 e. The summed E-state index contributed by atoms with van der Waals surface area (Å²) in [5.74, 6) is -0.199. The molecule has 0 radical (unpaired) electrons. The van der Waals surface area contributed by atoms with Crippen molar-refractivity contribution in [1.29, 1.82) is 0 Å². The number of thiazole rings is 1. The van der Waals surface area contributed by atoms with E-state index in [0.717, 1.165) is 22.7 Å². The molecule has 1 aromatic carbocycles. The lowest BCUT2D eigenvalue weighted by atomic mass is 10.2. The smallest absolute Gasteiger partial charge is 0.263 e. The van der Waals surface area contributed by atoms with Crippen LogP contribution in [0.3, 0.4) is 0 Å². The van der Waals surface area contributed by atoms with Crippen molar-refractivity contribution in [2.24, 2.45) is 0 Å². The third-order valence-electron chi connectivity index (χ3n) is 4.17. The molecule has 1 aliphatic rings. The highest BCUT2D eigenvalue weighted by Crippen LogP contribution is 2.20. The molecule has 1 fully saturated rings. The summed E-state index contributed by atoms with van der Waals surface area (Å²) < 4.78 is 0. The molecule has 1 aromatic heterocycles. The van der Waals surface area contributed by atoms with Gasteiger partial charge in [0.15, 0.2) is 0 Å². The number of likely N-dealkylation sites (tertiary alicyclic amines) is 1. The first-order chi connectivity index (χ1) is 11.6. The van der Waals surface area contributed by atoms with Gasteiger partial charge in [0, 0.05) is 13.1 Å². The highest BCUT2D eigenvalue weighted by atomic mass is 32.1. The quantitative estimate of drug-likeness (QED) is 0.907. The lowest BCUT2D eigenvalue weighted by molar-refractivity contribution is -0.129. The Bertz CT molecular complexity index is 742. The van der Waals surface area contributed by atoms with Crippen molar-refractivity contribution in [3.05, 3.63) is 51.5 Å². The summed E-state index contributed by atoms with van der Waals surface area (Å²) >= 11 is 1.41. The summed E-state index contributed by atoms with van der Waals surface area (Å²) in [4.78, 5) is 31.8. The van der Waals surface area contributed by atoms with E-state index in [1.165, 1.54) is 11.3 Å². The molecule has 1 unspecified atom stereocenters. The van der Waals surface area contributed by atoms with Crippen molar-refractivity contribution in [3.8, 4) is 0 Å². The van der Waals surface area contributed by atoms with Gasteiger partial charge in [0.25, 0.3) is 5.91 Å². The average molecular weight is 343 g/mol. The number of amides is 2. The summed E-state index contributed by atoms with van der Waals surface area (Å²) in [5, 5.41) is 3.82. The second-order valence-corrected chi connectivity index (χ2v) is 7.02. The van der Waals surface area contributed by atoms with Crippen LogP contribution in [0.2, 0.25) is 0 Å². The number of carbonyl (C=O) groups excluding carboxylic acids is 2. The minimum atomic E-state index is -0.437. The minimum Gasteiger partial charge on any atom is -0.339 e. The molecule has 2 heterocycles. The lowest BCUT2D eigenvalue weighted by Crippen LogP contribution is -2.41. The van der Waals surface area contributed by atoms with E-state index < -0.39 is 6.04 Å². The van der Waals surface area contributed by atoms with Crippen LogP contribution in [-0.2, 0) is 17.8 Å². The third kappa shape index (κ3) is 3.48. The molecule has 1 aliphatic heterocycles. The highest BCUT2D eigenvalue weighted by Gasteiger charge is 2.33. The fraction of sp³-hybridized carbons (Fsp3) is 0.389. The SMILES string of the molecule is CCc1nc(C)c(C(=O)NC2CCN(Cc3ccccc3)C2=O)s1. The molecule has 2 amide bonds. The van der Waals surface area contributed by atoms with Gasteiger partial charge in [-0.1, -0.05) is 37.3 Å². The van der Waals surface area contributed by atoms with Crippen molar-refractivity contribution in [3.63, 3.8) is 0 Å². The molecule has 1 saturated heterocycles. The largest absolute Gasteiger partial charge is 0.339 e. The van der Waals surface area contributed by atoms with Crippen molar-refractivity contribution in [2.45, 2.75) is 39.3 Å². The van der Waals surface area contributed by atoms with Crippen LogP contribution in [0.25, 0.3) is 0 Å². The number of nitrogens with one attached hydrogen (secondary N) is 1. The van der Waals surface area contributed by atoms with Gasteiger partial charge >= 0.3 is 0 Å². The Morgan fingerprint density at radius 1 is 1.38 bits per heavy atom. The first-order valence-electron chi connectivity index (χ1n) is 8.18. The molecule has 0 bridgehead atoms.